The van der Waals surface area contributed by atoms with E-state index in [0.29, 0.717) is 10.5 Å². The minimum atomic E-state index is -0.241. The first-order chi connectivity index (χ1) is 8.97. The zero-order chi connectivity index (χ0) is 14.0. The second kappa shape index (κ2) is 5.90. The van der Waals surface area contributed by atoms with Gasteiger partial charge in [0.15, 0.2) is 0 Å². The van der Waals surface area contributed by atoms with E-state index in [1.54, 1.807) is 13.0 Å². The van der Waals surface area contributed by atoms with Gasteiger partial charge in [-0.3, -0.25) is 4.79 Å². The van der Waals surface area contributed by atoms with E-state index >= 15 is 0 Å². The molecule has 19 heavy (non-hydrogen) atoms. The Labute approximate surface area is 121 Å². The summed E-state index contributed by atoms with van der Waals surface area (Å²) in [7, 11) is 0. The van der Waals surface area contributed by atoms with Crippen LogP contribution in [0.5, 0.6) is 0 Å². The van der Waals surface area contributed by atoms with E-state index in [1.807, 2.05) is 11.8 Å². The molecular weight excluding hydrogens is 311 g/mol. The highest BCUT2D eigenvalue weighted by atomic mass is 79.9. The first-order valence-corrected chi connectivity index (χ1v) is 7.24. The second-order valence-electron chi connectivity index (χ2n) is 5.01. The molecular formula is C14H18BrFN2O. The summed E-state index contributed by atoms with van der Waals surface area (Å²) in [6, 6.07) is 3.64. The average molecular weight is 329 g/mol. The molecule has 0 aromatic heterocycles. The Morgan fingerprint density at radius 2 is 2.05 bits per heavy atom. The van der Waals surface area contributed by atoms with E-state index in [0.717, 1.165) is 37.2 Å². The predicted molar refractivity (Wildman–Crippen MR) is 77.7 cm³/mol. The van der Waals surface area contributed by atoms with Crippen LogP contribution in [0.15, 0.2) is 16.6 Å². The van der Waals surface area contributed by atoms with Crippen molar-refractivity contribution < 1.29 is 9.18 Å². The molecule has 0 aliphatic carbocycles. The summed E-state index contributed by atoms with van der Waals surface area (Å²) in [4.78, 5) is 13.1. The fraction of sp³-hybridized carbons (Fsp3) is 0.500. The molecule has 1 aliphatic rings. The van der Waals surface area contributed by atoms with E-state index in [-0.39, 0.29) is 11.7 Å². The van der Waals surface area contributed by atoms with Gasteiger partial charge in [-0.15, -0.1) is 0 Å². The summed E-state index contributed by atoms with van der Waals surface area (Å²) in [6.07, 6.45) is 1.85. The molecule has 104 valence electrons. The summed E-state index contributed by atoms with van der Waals surface area (Å²) < 4.78 is 13.8. The molecule has 1 amide bonds. The molecule has 0 unspecified atom stereocenters. The minimum Gasteiger partial charge on any atom is -0.382 e. The molecule has 0 radical (unpaired) electrons. The van der Waals surface area contributed by atoms with Gasteiger partial charge >= 0.3 is 0 Å². The Morgan fingerprint density at radius 3 is 2.63 bits per heavy atom. The maximum atomic E-state index is 13.4. The van der Waals surface area contributed by atoms with Gasteiger partial charge in [0.05, 0.1) is 4.47 Å². The number of carbonyl (C=O) groups excluding carboxylic acids is 1. The van der Waals surface area contributed by atoms with Crippen LogP contribution in [0.3, 0.4) is 0 Å². The zero-order valence-electron chi connectivity index (χ0n) is 11.2. The lowest BCUT2D eigenvalue weighted by atomic mass is 10.0. The van der Waals surface area contributed by atoms with Crippen molar-refractivity contribution in [3.63, 3.8) is 0 Å². The minimum absolute atomic E-state index is 0.138. The number of carbonyl (C=O) groups is 1. The number of benzene rings is 1. The van der Waals surface area contributed by atoms with Gasteiger partial charge in [-0.25, -0.2) is 4.39 Å². The third-order valence-corrected chi connectivity index (χ3v) is 4.17. The van der Waals surface area contributed by atoms with Crippen LogP contribution in [0.2, 0.25) is 0 Å². The number of rotatable bonds is 2. The number of anilines is 1. The van der Waals surface area contributed by atoms with E-state index < -0.39 is 0 Å². The topological polar surface area (TPSA) is 32.3 Å². The van der Waals surface area contributed by atoms with Gasteiger partial charge in [-0.2, -0.15) is 0 Å². The standard InChI is InChI=1S/C14H18BrFN2O/c1-9-7-13(16)12(15)8-14(9)17-11-3-5-18(6-4-11)10(2)19/h7-8,11,17H,3-6H2,1-2H3. The van der Waals surface area contributed by atoms with Crippen LogP contribution in [0, 0.1) is 12.7 Å². The Hall–Kier alpha value is -1.10. The molecule has 1 N–H and O–H groups in total. The molecule has 2 rings (SSSR count). The van der Waals surface area contributed by atoms with Crippen molar-refractivity contribution >= 4 is 27.5 Å². The normalized spacial score (nSPS) is 16.5. The Bertz CT molecular complexity index is 485. The quantitative estimate of drug-likeness (QED) is 0.903. The van der Waals surface area contributed by atoms with Crippen LogP contribution in [0.25, 0.3) is 0 Å². The number of hydrogen-bond donors (Lipinski definition) is 1. The Kier molecular flexibility index (Phi) is 4.45. The van der Waals surface area contributed by atoms with Crippen molar-refractivity contribution in [2.75, 3.05) is 18.4 Å². The van der Waals surface area contributed by atoms with Crippen molar-refractivity contribution in [1.29, 1.82) is 0 Å². The third-order valence-electron chi connectivity index (χ3n) is 3.57. The predicted octanol–water partition coefficient (Wildman–Crippen LogP) is 3.32. The highest BCUT2D eigenvalue weighted by molar-refractivity contribution is 9.10. The van der Waals surface area contributed by atoms with Crippen molar-refractivity contribution in [2.24, 2.45) is 0 Å². The molecule has 0 spiro atoms. The molecule has 1 heterocycles. The second-order valence-corrected chi connectivity index (χ2v) is 5.86. The number of nitrogens with zero attached hydrogens (tertiary/aromatic N) is 1. The first-order valence-electron chi connectivity index (χ1n) is 6.45. The summed E-state index contributed by atoms with van der Waals surface area (Å²) in [5, 5.41) is 3.44. The number of nitrogens with one attached hydrogen (secondary N) is 1. The van der Waals surface area contributed by atoms with E-state index in [2.05, 4.69) is 21.2 Å². The number of amides is 1. The van der Waals surface area contributed by atoms with Gasteiger partial charge in [0.1, 0.15) is 5.82 Å². The summed E-state index contributed by atoms with van der Waals surface area (Å²) >= 11 is 3.21. The van der Waals surface area contributed by atoms with E-state index in [1.165, 1.54) is 6.07 Å². The van der Waals surface area contributed by atoms with Crippen LogP contribution >= 0.6 is 15.9 Å². The van der Waals surface area contributed by atoms with Crippen molar-refractivity contribution in [3.8, 4) is 0 Å². The third kappa shape index (κ3) is 3.47. The van der Waals surface area contributed by atoms with Gasteiger partial charge in [-0.1, -0.05) is 0 Å². The first kappa shape index (κ1) is 14.3. The zero-order valence-corrected chi connectivity index (χ0v) is 12.8. The average Bonchev–Trinajstić information content (AvgIpc) is 2.36. The molecule has 1 aromatic rings. The summed E-state index contributed by atoms with van der Waals surface area (Å²) in [5.41, 5.74) is 1.85. The van der Waals surface area contributed by atoms with Crippen LogP contribution in [-0.4, -0.2) is 29.9 Å². The lowest BCUT2D eigenvalue weighted by Crippen LogP contribution is -2.41. The molecule has 3 nitrogen and oxygen atoms in total. The molecule has 1 aromatic carbocycles. The lowest BCUT2D eigenvalue weighted by Gasteiger charge is -2.32. The van der Waals surface area contributed by atoms with Crippen LogP contribution in [0.1, 0.15) is 25.3 Å². The monoisotopic (exact) mass is 328 g/mol. The van der Waals surface area contributed by atoms with Crippen molar-refractivity contribution in [3.05, 3.63) is 28.0 Å². The van der Waals surface area contributed by atoms with Gasteiger partial charge in [0, 0.05) is 31.7 Å². The fourth-order valence-corrected chi connectivity index (χ4v) is 2.70. The van der Waals surface area contributed by atoms with Crippen molar-refractivity contribution in [2.45, 2.75) is 32.7 Å². The largest absolute Gasteiger partial charge is 0.382 e. The van der Waals surface area contributed by atoms with Crippen LogP contribution in [0.4, 0.5) is 10.1 Å². The maximum Gasteiger partial charge on any atom is 0.219 e. The molecule has 1 fully saturated rings. The van der Waals surface area contributed by atoms with Gasteiger partial charge in [0.25, 0.3) is 0 Å². The molecule has 0 bridgehead atoms. The van der Waals surface area contributed by atoms with Gasteiger partial charge < -0.3 is 10.2 Å². The lowest BCUT2D eigenvalue weighted by molar-refractivity contribution is -0.129. The molecule has 1 aliphatic heterocycles. The number of piperidine rings is 1. The fourth-order valence-electron chi connectivity index (χ4n) is 2.36. The van der Waals surface area contributed by atoms with Gasteiger partial charge in [-0.05, 0) is 53.4 Å². The smallest absolute Gasteiger partial charge is 0.219 e. The number of aryl methyl sites for hydroxylation is 1. The number of halogens is 2. The van der Waals surface area contributed by atoms with E-state index in [4.69, 9.17) is 0 Å². The van der Waals surface area contributed by atoms with Crippen LogP contribution in [-0.2, 0) is 4.79 Å². The van der Waals surface area contributed by atoms with Gasteiger partial charge in [0.2, 0.25) is 5.91 Å². The molecule has 1 saturated heterocycles. The molecule has 0 atom stereocenters. The summed E-state index contributed by atoms with van der Waals surface area (Å²) in [6.45, 7) is 5.07. The van der Waals surface area contributed by atoms with Crippen LogP contribution < -0.4 is 5.32 Å². The highest BCUT2D eigenvalue weighted by Crippen LogP contribution is 2.26. The maximum absolute atomic E-state index is 13.4. The Balaban J connectivity index is 1.99. The Morgan fingerprint density at radius 1 is 1.42 bits per heavy atom. The van der Waals surface area contributed by atoms with E-state index in [9.17, 15) is 9.18 Å². The SMILES string of the molecule is CC(=O)N1CCC(Nc2cc(Br)c(F)cc2C)CC1. The highest BCUT2D eigenvalue weighted by Gasteiger charge is 2.21. The number of likely N-dealkylation sites (tertiary alicyclic amines) is 1. The molecule has 0 saturated carbocycles. The summed E-state index contributed by atoms with van der Waals surface area (Å²) in [5.74, 6) is -0.103. The number of hydrogen-bond acceptors (Lipinski definition) is 2. The molecule has 5 heteroatoms. The van der Waals surface area contributed by atoms with Crippen molar-refractivity contribution in [1.82, 2.24) is 4.90 Å².